The molecular weight excluding hydrogens is 462 g/mol. The van der Waals surface area contributed by atoms with Crippen molar-refractivity contribution in [3.05, 3.63) is 52.3 Å². The monoisotopic (exact) mass is 513 g/mol. The molecule has 37 heavy (non-hydrogen) atoms. The van der Waals surface area contributed by atoms with Gasteiger partial charge in [-0.2, -0.15) is 0 Å². The SMILES string of the molecule is CC(C)C1=C(C(C)CCC(C)c2cc(OCCC(=O)O)ccc2C(C)C)C(C)CC(OCCN(C)C)=C1. The van der Waals surface area contributed by atoms with Gasteiger partial charge in [-0.05, 0) is 91.4 Å². The standard InChI is InChI=1S/C32H51NO4/c1-21(2)28-13-12-26(36-16-14-31(34)35)19-30(28)23(5)10-11-24(6)32-25(7)18-27(20-29(32)22(3)4)37-17-15-33(8)9/h12-13,19-25H,10-11,14-18H2,1-9H3,(H,34,35). The average Bonchev–Trinajstić information content (AvgIpc) is 2.81. The molecule has 208 valence electrons. The van der Waals surface area contributed by atoms with E-state index in [1.165, 1.54) is 16.7 Å². The number of likely N-dealkylation sites (N-methyl/N-ethyl adjacent to an activating group) is 1. The lowest BCUT2D eigenvalue weighted by atomic mass is 9.75. The van der Waals surface area contributed by atoms with Crippen LogP contribution in [-0.2, 0) is 9.53 Å². The number of carboxylic acid groups (broad SMARTS) is 1. The molecule has 3 atom stereocenters. The number of nitrogens with zero attached hydrogens (tertiary/aromatic N) is 1. The van der Waals surface area contributed by atoms with Gasteiger partial charge in [0.25, 0.3) is 0 Å². The summed E-state index contributed by atoms with van der Waals surface area (Å²) < 4.78 is 11.9. The number of hydrogen-bond donors (Lipinski definition) is 1. The maximum atomic E-state index is 10.9. The third-order valence-corrected chi connectivity index (χ3v) is 7.50. The Morgan fingerprint density at radius 3 is 2.24 bits per heavy atom. The number of hydrogen-bond acceptors (Lipinski definition) is 4. The van der Waals surface area contributed by atoms with Gasteiger partial charge in [0.2, 0.25) is 0 Å². The second-order valence-corrected chi connectivity index (χ2v) is 11.8. The maximum Gasteiger partial charge on any atom is 0.306 e. The van der Waals surface area contributed by atoms with Gasteiger partial charge in [0, 0.05) is 13.0 Å². The van der Waals surface area contributed by atoms with Gasteiger partial charge in [-0.15, -0.1) is 0 Å². The van der Waals surface area contributed by atoms with E-state index in [4.69, 9.17) is 14.6 Å². The first-order chi connectivity index (χ1) is 17.4. The maximum absolute atomic E-state index is 10.9. The summed E-state index contributed by atoms with van der Waals surface area (Å²) in [5.41, 5.74) is 5.72. The van der Waals surface area contributed by atoms with Gasteiger partial charge in [-0.3, -0.25) is 4.79 Å². The first-order valence-corrected chi connectivity index (χ1v) is 14.1. The quantitative estimate of drug-likeness (QED) is 0.261. The molecule has 3 unspecified atom stereocenters. The largest absolute Gasteiger partial charge is 0.497 e. The first kappa shape index (κ1) is 31.0. The Hall–Kier alpha value is -2.27. The van der Waals surface area contributed by atoms with Crippen LogP contribution < -0.4 is 4.74 Å². The summed E-state index contributed by atoms with van der Waals surface area (Å²) in [6.07, 6.45) is 5.54. The third-order valence-electron chi connectivity index (χ3n) is 7.50. The lowest BCUT2D eigenvalue weighted by Crippen LogP contribution is -2.21. The van der Waals surface area contributed by atoms with Crippen LogP contribution in [0.5, 0.6) is 5.75 Å². The Bertz CT molecular complexity index is 944. The van der Waals surface area contributed by atoms with Crippen molar-refractivity contribution in [2.45, 2.75) is 86.0 Å². The van der Waals surface area contributed by atoms with E-state index in [2.05, 4.69) is 85.7 Å². The Balaban J connectivity index is 2.16. The number of benzene rings is 1. The minimum absolute atomic E-state index is 0.0106. The lowest BCUT2D eigenvalue weighted by Gasteiger charge is -2.32. The van der Waals surface area contributed by atoms with Gasteiger partial charge in [0.15, 0.2) is 0 Å². The fraction of sp³-hybridized carbons (Fsp3) is 0.656. The molecule has 2 rings (SSSR count). The van der Waals surface area contributed by atoms with E-state index in [1.807, 2.05) is 6.07 Å². The lowest BCUT2D eigenvalue weighted by molar-refractivity contribution is -0.137. The van der Waals surface area contributed by atoms with E-state index < -0.39 is 5.97 Å². The molecule has 0 fully saturated rings. The van der Waals surface area contributed by atoms with Crippen molar-refractivity contribution in [3.8, 4) is 5.75 Å². The molecule has 1 aliphatic rings. The van der Waals surface area contributed by atoms with E-state index in [0.29, 0.717) is 29.6 Å². The summed E-state index contributed by atoms with van der Waals surface area (Å²) in [6.45, 7) is 18.0. The Morgan fingerprint density at radius 2 is 1.65 bits per heavy atom. The van der Waals surface area contributed by atoms with Crippen LogP contribution >= 0.6 is 0 Å². The molecule has 0 saturated carbocycles. The highest BCUT2D eigenvalue weighted by Crippen LogP contribution is 2.40. The molecular formula is C32H51NO4. The minimum atomic E-state index is -0.838. The van der Waals surface area contributed by atoms with Crippen LogP contribution in [-0.4, -0.2) is 49.8 Å². The Morgan fingerprint density at radius 1 is 0.973 bits per heavy atom. The van der Waals surface area contributed by atoms with E-state index in [-0.39, 0.29) is 13.0 Å². The molecule has 0 bridgehead atoms. The smallest absolute Gasteiger partial charge is 0.306 e. The molecule has 1 aliphatic carbocycles. The van der Waals surface area contributed by atoms with Crippen LogP contribution in [0.15, 0.2) is 41.2 Å². The van der Waals surface area contributed by atoms with Crippen molar-refractivity contribution in [2.75, 3.05) is 33.9 Å². The molecule has 0 amide bonds. The summed E-state index contributed by atoms with van der Waals surface area (Å²) in [5, 5.41) is 8.93. The highest BCUT2D eigenvalue weighted by atomic mass is 16.5. The fourth-order valence-electron chi connectivity index (χ4n) is 5.40. The number of allylic oxidation sites excluding steroid dienone is 4. The topological polar surface area (TPSA) is 59.0 Å². The second kappa shape index (κ2) is 14.6. The van der Waals surface area contributed by atoms with Crippen molar-refractivity contribution < 1.29 is 19.4 Å². The number of carboxylic acids is 1. The zero-order chi connectivity index (χ0) is 27.7. The summed E-state index contributed by atoms with van der Waals surface area (Å²) in [6, 6.07) is 6.26. The molecule has 1 aromatic carbocycles. The second-order valence-electron chi connectivity index (χ2n) is 11.8. The summed E-state index contributed by atoms with van der Waals surface area (Å²) in [7, 11) is 4.16. The van der Waals surface area contributed by atoms with E-state index in [1.54, 1.807) is 5.57 Å². The van der Waals surface area contributed by atoms with Gasteiger partial charge in [0.05, 0.1) is 18.8 Å². The van der Waals surface area contributed by atoms with Crippen LogP contribution in [0.4, 0.5) is 0 Å². The van der Waals surface area contributed by atoms with E-state index >= 15 is 0 Å². The van der Waals surface area contributed by atoms with Gasteiger partial charge >= 0.3 is 5.97 Å². The van der Waals surface area contributed by atoms with E-state index in [9.17, 15) is 4.79 Å². The molecule has 1 aromatic rings. The van der Waals surface area contributed by atoms with Crippen molar-refractivity contribution in [1.82, 2.24) is 4.90 Å². The zero-order valence-electron chi connectivity index (χ0n) is 24.8. The van der Waals surface area contributed by atoms with Gasteiger partial charge < -0.3 is 19.5 Å². The van der Waals surface area contributed by atoms with Crippen molar-refractivity contribution in [1.29, 1.82) is 0 Å². The molecule has 0 aliphatic heterocycles. The predicted molar refractivity (Wildman–Crippen MR) is 153 cm³/mol. The fourth-order valence-corrected chi connectivity index (χ4v) is 5.40. The number of carbonyl (C=O) groups is 1. The number of ether oxygens (including phenoxy) is 2. The highest BCUT2D eigenvalue weighted by molar-refractivity contribution is 5.66. The van der Waals surface area contributed by atoms with Crippen LogP contribution in [0.25, 0.3) is 0 Å². The van der Waals surface area contributed by atoms with Crippen LogP contribution in [0, 0.1) is 17.8 Å². The molecule has 0 heterocycles. The van der Waals surface area contributed by atoms with Gasteiger partial charge in [-0.25, -0.2) is 0 Å². The zero-order valence-corrected chi connectivity index (χ0v) is 24.8. The predicted octanol–water partition coefficient (Wildman–Crippen LogP) is 7.64. The number of rotatable bonds is 15. The summed E-state index contributed by atoms with van der Waals surface area (Å²) in [5.74, 6) is 3.33. The first-order valence-electron chi connectivity index (χ1n) is 14.1. The molecule has 0 aromatic heterocycles. The van der Waals surface area contributed by atoms with Crippen LogP contribution in [0.2, 0.25) is 0 Å². The average molecular weight is 514 g/mol. The normalized spacial score (nSPS) is 17.8. The minimum Gasteiger partial charge on any atom is -0.497 e. The third kappa shape index (κ3) is 9.52. The Labute approximate surface area is 225 Å². The Kier molecular flexibility index (Phi) is 12.2. The molecule has 0 saturated heterocycles. The van der Waals surface area contributed by atoms with Crippen molar-refractivity contribution >= 4 is 5.97 Å². The molecule has 5 heteroatoms. The van der Waals surface area contributed by atoms with Crippen LogP contribution in [0.3, 0.4) is 0 Å². The molecule has 1 N–H and O–H groups in total. The van der Waals surface area contributed by atoms with Crippen molar-refractivity contribution in [2.24, 2.45) is 17.8 Å². The van der Waals surface area contributed by atoms with Gasteiger partial charge in [-0.1, -0.05) is 60.1 Å². The molecule has 5 nitrogen and oxygen atoms in total. The van der Waals surface area contributed by atoms with E-state index in [0.717, 1.165) is 43.9 Å². The molecule has 0 spiro atoms. The number of aliphatic carboxylic acids is 1. The summed E-state index contributed by atoms with van der Waals surface area (Å²) in [4.78, 5) is 13.0. The highest BCUT2D eigenvalue weighted by Gasteiger charge is 2.27. The van der Waals surface area contributed by atoms with Crippen molar-refractivity contribution in [3.63, 3.8) is 0 Å². The molecule has 0 radical (unpaired) electrons. The van der Waals surface area contributed by atoms with Crippen LogP contribution in [0.1, 0.15) is 97.1 Å². The van der Waals surface area contributed by atoms with Gasteiger partial charge in [0.1, 0.15) is 12.4 Å². The summed E-state index contributed by atoms with van der Waals surface area (Å²) >= 11 is 0.